The molecular formula is C21H17ClN2O4S2. The summed E-state index contributed by atoms with van der Waals surface area (Å²) in [4.78, 5) is 26.9. The number of hydrogen-bond acceptors (Lipinski definition) is 6. The molecule has 0 spiro atoms. The minimum Gasteiger partial charge on any atom is -0.454 e. The predicted molar refractivity (Wildman–Crippen MR) is 121 cm³/mol. The quantitative estimate of drug-likeness (QED) is 0.524. The number of amides is 2. The van der Waals surface area contributed by atoms with Crippen molar-refractivity contribution in [1.82, 2.24) is 10.2 Å². The van der Waals surface area contributed by atoms with E-state index in [9.17, 15) is 9.59 Å². The van der Waals surface area contributed by atoms with Gasteiger partial charge < -0.3 is 14.8 Å². The Bertz CT molecular complexity index is 1060. The molecule has 0 aromatic heterocycles. The van der Waals surface area contributed by atoms with Crippen molar-refractivity contribution < 1.29 is 19.1 Å². The van der Waals surface area contributed by atoms with E-state index in [1.807, 2.05) is 36.4 Å². The van der Waals surface area contributed by atoms with Crippen LogP contribution >= 0.6 is 35.6 Å². The van der Waals surface area contributed by atoms with Crippen molar-refractivity contribution in [2.75, 3.05) is 19.9 Å². The Kier molecular flexibility index (Phi) is 6.26. The number of halogens is 1. The molecule has 154 valence electrons. The van der Waals surface area contributed by atoms with Gasteiger partial charge in [0.15, 0.2) is 11.5 Å². The molecule has 9 heteroatoms. The molecule has 0 bridgehead atoms. The highest BCUT2D eigenvalue weighted by Crippen LogP contribution is 2.36. The number of carbonyl (C=O) groups excluding carboxylic acids is 2. The second-order valence-electron chi connectivity index (χ2n) is 6.56. The van der Waals surface area contributed by atoms with Gasteiger partial charge in [-0.1, -0.05) is 59.8 Å². The van der Waals surface area contributed by atoms with Crippen molar-refractivity contribution in [2.45, 2.75) is 6.42 Å². The lowest BCUT2D eigenvalue weighted by Crippen LogP contribution is -2.37. The first-order valence-electron chi connectivity index (χ1n) is 9.16. The van der Waals surface area contributed by atoms with Crippen LogP contribution in [-0.2, 0) is 16.0 Å². The Labute approximate surface area is 188 Å². The van der Waals surface area contributed by atoms with Crippen molar-refractivity contribution in [1.29, 1.82) is 0 Å². The smallest absolute Gasteiger partial charge is 0.266 e. The number of rotatable bonds is 6. The Morgan fingerprint density at radius 2 is 2.03 bits per heavy atom. The molecule has 1 N–H and O–H groups in total. The summed E-state index contributed by atoms with van der Waals surface area (Å²) in [5.74, 6) is 1.00. The summed E-state index contributed by atoms with van der Waals surface area (Å²) in [6.07, 6.45) is 1.96. The molecule has 2 amide bonds. The van der Waals surface area contributed by atoms with Gasteiger partial charge >= 0.3 is 0 Å². The zero-order valence-corrected chi connectivity index (χ0v) is 18.1. The fourth-order valence-electron chi connectivity index (χ4n) is 3.03. The Balaban J connectivity index is 1.33. The summed E-state index contributed by atoms with van der Waals surface area (Å²) in [7, 11) is 0. The summed E-state index contributed by atoms with van der Waals surface area (Å²) in [5, 5.41) is 3.36. The van der Waals surface area contributed by atoms with E-state index in [1.54, 1.807) is 12.1 Å². The molecule has 2 aliphatic heterocycles. The largest absolute Gasteiger partial charge is 0.454 e. The monoisotopic (exact) mass is 460 g/mol. The van der Waals surface area contributed by atoms with E-state index >= 15 is 0 Å². The van der Waals surface area contributed by atoms with Gasteiger partial charge in [-0.05, 0) is 35.4 Å². The molecule has 2 aromatic rings. The fourth-order valence-corrected chi connectivity index (χ4v) is 4.54. The van der Waals surface area contributed by atoms with Crippen molar-refractivity contribution in [3.8, 4) is 11.5 Å². The van der Waals surface area contributed by atoms with Crippen LogP contribution in [0.15, 0.2) is 47.4 Å². The number of thiocarbonyl (C=S) groups is 1. The van der Waals surface area contributed by atoms with E-state index in [2.05, 4.69) is 5.32 Å². The summed E-state index contributed by atoms with van der Waals surface area (Å²) < 4.78 is 11.1. The van der Waals surface area contributed by atoms with Gasteiger partial charge in [-0.3, -0.25) is 14.5 Å². The molecule has 0 saturated carbocycles. The van der Waals surface area contributed by atoms with Crippen LogP contribution in [0.5, 0.6) is 11.5 Å². The van der Waals surface area contributed by atoms with Gasteiger partial charge in [-0.15, -0.1) is 0 Å². The molecule has 1 saturated heterocycles. The first kappa shape index (κ1) is 20.7. The van der Waals surface area contributed by atoms with Crippen molar-refractivity contribution in [3.63, 3.8) is 0 Å². The van der Waals surface area contributed by atoms with Crippen molar-refractivity contribution in [2.24, 2.45) is 0 Å². The standard InChI is InChI=1S/C21H17ClN2O4S2/c22-15-4-2-1-3-14(15)11-19(25)23-7-8-24-20(26)18(30-21(24)29)10-13-5-6-16-17(9-13)28-12-27-16/h1-6,9-10H,7-8,11-12H2,(H,23,25)/b18-10+. The number of hydrogen-bond donors (Lipinski definition) is 1. The van der Waals surface area contributed by atoms with Gasteiger partial charge in [-0.2, -0.15) is 0 Å². The van der Waals surface area contributed by atoms with Crippen LogP contribution in [0.1, 0.15) is 11.1 Å². The van der Waals surface area contributed by atoms with Gasteiger partial charge in [0.2, 0.25) is 12.7 Å². The molecular weight excluding hydrogens is 444 g/mol. The van der Waals surface area contributed by atoms with Gasteiger partial charge in [0, 0.05) is 18.1 Å². The normalized spacial score (nSPS) is 16.4. The maximum atomic E-state index is 12.7. The summed E-state index contributed by atoms with van der Waals surface area (Å²) in [6, 6.07) is 12.7. The van der Waals surface area contributed by atoms with Crippen molar-refractivity contribution in [3.05, 3.63) is 63.5 Å². The maximum Gasteiger partial charge on any atom is 0.266 e. The van der Waals surface area contributed by atoms with Gasteiger partial charge in [0.25, 0.3) is 5.91 Å². The molecule has 0 aliphatic carbocycles. The van der Waals surface area contributed by atoms with Crippen LogP contribution < -0.4 is 14.8 Å². The van der Waals surface area contributed by atoms with Gasteiger partial charge in [0.1, 0.15) is 4.32 Å². The van der Waals surface area contributed by atoms with E-state index in [0.717, 1.165) is 11.1 Å². The highest BCUT2D eigenvalue weighted by atomic mass is 35.5. The lowest BCUT2D eigenvalue weighted by atomic mass is 10.1. The summed E-state index contributed by atoms with van der Waals surface area (Å²) >= 11 is 12.7. The second kappa shape index (κ2) is 9.07. The van der Waals surface area contributed by atoms with Crippen LogP contribution in [0, 0.1) is 0 Å². The molecule has 0 unspecified atom stereocenters. The maximum absolute atomic E-state index is 12.7. The average Bonchev–Trinajstić information content (AvgIpc) is 3.29. The first-order chi connectivity index (χ1) is 14.5. The Morgan fingerprint density at radius 3 is 2.87 bits per heavy atom. The Hall–Kier alpha value is -2.55. The molecule has 2 aromatic carbocycles. The van der Waals surface area contributed by atoms with Gasteiger partial charge in [-0.25, -0.2) is 0 Å². The average molecular weight is 461 g/mol. The zero-order chi connectivity index (χ0) is 21.1. The van der Waals surface area contributed by atoms with Crippen LogP contribution in [0.4, 0.5) is 0 Å². The van der Waals surface area contributed by atoms with E-state index in [1.165, 1.54) is 16.7 Å². The highest BCUT2D eigenvalue weighted by molar-refractivity contribution is 8.26. The number of nitrogens with one attached hydrogen (secondary N) is 1. The minimum absolute atomic E-state index is 0.163. The molecule has 30 heavy (non-hydrogen) atoms. The molecule has 0 atom stereocenters. The Morgan fingerprint density at radius 1 is 1.23 bits per heavy atom. The zero-order valence-electron chi connectivity index (χ0n) is 15.7. The molecule has 6 nitrogen and oxygen atoms in total. The SMILES string of the molecule is O=C(Cc1ccccc1Cl)NCCN1C(=O)/C(=C\c2ccc3c(c2)OCO3)SC1=S. The topological polar surface area (TPSA) is 67.9 Å². The van der Waals surface area contributed by atoms with E-state index in [-0.39, 0.29) is 25.0 Å². The lowest BCUT2D eigenvalue weighted by molar-refractivity contribution is -0.123. The number of fused-ring (bicyclic) bond motifs is 1. The lowest BCUT2D eigenvalue weighted by Gasteiger charge is -2.15. The summed E-state index contributed by atoms with van der Waals surface area (Å²) in [6.45, 7) is 0.799. The fraction of sp³-hybridized carbons (Fsp3) is 0.190. The van der Waals surface area contributed by atoms with Gasteiger partial charge in [0.05, 0.1) is 11.3 Å². The van der Waals surface area contributed by atoms with Crippen LogP contribution in [0.25, 0.3) is 6.08 Å². The number of ether oxygens (including phenoxy) is 2. The second-order valence-corrected chi connectivity index (χ2v) is 8.65. The molecule has 2 aliphatic rings. The van der Waals surface area contributed by atoms with Crippen molar-refractivity contribution >= 4 is 57.8 Å². The predicted octanol–water partition coefficient (Wildman–Crippen LogP) is 3.63. The number of thioether (sulfide) groups is 1. The van der Waals surface area contributed by atoms with Crippen LogP contribution in [0.3, 0.4) is 0 Å². The molecule has 2 heterocycles. The van der Waals surface area contributed by atoms with Crippen LogP contribution in [0.2, 0.25) is 5.02 Å². The van der Waals surface area contributed by atoms with Crippen LogP contribution in [-0.4, -0.2) is 40.9 Å². The van der Waals surface area contributed by atoms with E-state index in [4.69, 9.17) is 33.3 Å². The molecule has 4 rings (SSSR count). The van der Waals surface area contributed by atoms with E-state index < -0.39 is 0 Å². The number of benzene rings is 2. The summed E-state index contributed by atoms with van der Waals surface area (Å²) in [5.41, 5.74) is 1.58. The van der Waals surface area contributed by atoms with E-state index in [0.29, 0.717) is 38.8 Å². The minimum atomic E-state index is -0.178. The number of nitrogens with zero attached hydrogens (tertiary/aromatic N) is 1. The third-order valence-corrected chi connectivity index (χ3v) is 6.28. The highest BCUT2D eigenvalue weighted by Gasteiger charge is 2.31. The third kappa shape index (κ3) is 4.61. The molecule has 1 fully saturated rings. The number of carbonyl (C=O) groups is 2. The third-order valence-electron chi connectivity index (χ3n) is 4.53. The first-order valence-corrected chi connectivity index (χ1v) is 10.8. The molecule has 0 radical (unpaired) electrons.